The first-order valence-corrected chi connectivity index (χ1v) is 5.28. The van der Waals surface area contributed by atoms with E-state index in [1.54, 1.807) is 0 Å². The van der Waals surface area contributed by atoms with Gasteiger partial charge in [-0.3, -0.25) is 0 Å². The Morgan fingerprint density at radius 1 is 1.50 bits per heavy atom. The maximum atomic E-state index is 10.8. The topological polar surface area (TPSA) is 50.8 Å². The fraction of sp³-hybridized carbons (Fsp3) is 0.875. The fourth-order valence-electron chi connectivity index (χ4n) is 1.32. The third kappa shape index (κ3) is 3.73. The summed E-state index contributed by atoms with van der Waals surface area (Å²) < 4.78 is 12.4. The van der Waals surface area contributed by atoms with E-state index in [0.717, 1.165) is 25.3 Å². The van der Waals surface area contributed by atoms with Crippen molar-refractivity contribution in [3.8, 4) is 0 Å². The van der Waals surface area contributed by atoms with Gasteiger partial charge in [0.2, 0.25) is 0 Å². The van der Waals surface area contributed by atoms with E-state index in [1.165, 1.54) is 7.05 Å². The highest BCUT2D eigenvalue weighted by atomic mass is 32.2. The van der Waals surface area contributed by atoms with Crippen LogP contribution in [0, 0.1) is 0 Å². The third-order valence-electron chi connectivity index (χ3n) is 1.81. The largest absolute Gasteiger partial charge is 0.420 e. The van der Waals surface area contributed by atoms with Crippen LogP contribution in [0.5, 0.6) is 0 Å². The lowest BCUT2D eigenvalue weighted by atomic mass is 10.3. The molecule has 0 saturated carbocycles. The van der Waals surface area contributed by atoms with Gasteiger partial charge in [0.25, 0.3) is 0 Å². The van der Waals surface area contributed by atoms with Crippen LogP contribution in [-0.4, -0.2) is 42.7 Å². The summed E-state index contributed by atoms with van der Waals surface area (Å²) in [6, 6.07) is 0. The summed E-state index contributed by atoms with van der Waals surface area (Å²) >= 11 is 1.08. The number of rotatable bonds is 2. The highest BCUT2D eigenvalue weighted by Gasteiger charge is 2.23. The second kappa shape index (κ2) is 5.43. The van der Waals surface area contributed by atoms with Crippen LogP contribution in [0.2, 0.25) is 0 Å². The number of nitrogens with zero attached hydrogens (tertiary/aromatic N) is 1. The molecule has 2 atom stereocenters. The van der Waals surface area contributed by atoms with Gasteiger partial charge in [0.15, 0.2) is 12.2 Å². The second-order valence-electron chi connectivity index (χ2n) is 3.30. The van der Waals surface area contributed by atoms with Gasteiger partial charge < -0.3 is 14.2 Å². The average molecular weight is 220 g/mol. The number of ether oxygens (including phenoxy) is 1. The molecule has 0 bridgehead atoms. The molecule has 1 N–H and O–H groups in total. The molecule has 1 aliphatic rings. The molecule has 0 aliphatic carbocycles. The average Bonchev–Trinajstić information content (AvgIpc) is 2.12. The van der Waals surface area contributed by atoms with E-state index in [-0.39, 0.29) is 12.2 Å². The molecule has 1 aliphatic heterocycles. The molecule has 0 aromatic carbocycles. The van der Waals surface area contributed by atoms with E-state index in [9.17, 15) is 4.79 Å². The molecule has 1 fully saturated rings. The Bertz CT molecular complexity index is 193. The van der Waals surface area contributed by atoms with Gasteiger partial charge >= 0.3 is 6.09 Å². The Labute approximate surface area is 88.5 Å². The number of hydrogen-bond donors (Lipinski definition) is 1. The summed E-state index contributed by atoms with van der Waals surface area (Å²) in [5, 5.41) is 2.39. The van der Waals surface area contributed by atoms with Crippen LogP contribution in [0.25, 0.3) is 0 Å². The van der Waals surface area contributed by atoms with Gasteiger partial charge in [0, 0.05) is 20.1 Å². The molecule has 0 aromatic heterocycles. The van der Waals surface area contributed by atoms with E-state index < -0.39 is 6.09 Å². The molecule has 1 rings (SSSR count). The van der Waals surface area contributed by atoms with Crippen molar-refractivity contribution in [2.45, 2.75) is 26.1 Å². The summed E-state index contributed by atoms with van der Waals surface area (Å²) in [6.45, 7) is 5.55. The monoisotopic (exact) mass is 220 g/mol. The summed E-state index contributed by atoms with van der Waals surface area (Å²) in [5.74, 6) is 0. The van der Waals surface area contributed by atoms with Crippen molar-refractivity contribution < 1.29 is 13.7 Å². The minimum absolute atomic E-state index is 0.180. The minimum Gasteiger partial charge on any atom is -0.373 e. The van der Waals surface area contributed by atoms with Crippen LogP contribution in [0.15, 0.2) is 0 Å². The van der Waals surface area contributed by atoms with Gasteiger partial charge in [0.1, 0.15) is 0 Å². The smallest absolute Gasteiger partial charge is 0.373 e. The highest BCUT2D eigenvalue weighted by molar-refractivity contribution is 7.92. The van der Waals surface area contributed by atoms with Crippen LogP contribution >= 0.6 is 12.2 Å². The zero-order valence-corrected chi connectivity index (χ0v) is 9.47. The van der Waals surface area contributed by atoms with E-state index in [0.29, 0.717) is 0 Å². The molecule has 14 heavy (non-hydrogen) atoms. The lowest BCUT2D eigenvalue weighted by molar-refractivity contribution is -0.0427. The Balaban J connectivity index is 2.26. The molecule has 5 nitrogen and oxygen atoms in total. The molecule has 0 aromatic rings. The van der Waals surface area contributed by atoms with Gasteiger partial charge in [-0.05, 0) is 13.8 Å². The van der Waals surface area contributed by atoms with Crippen molar-refractivity contribution in [2.24, 2.45) is 0 Å². The Kier molecular flexibility index (Phi) is 4.50. The summed E-state index contributed by atoms with van der Waals surface area (Å²) in [7, 11) is 1.54. The Hall–Kier alpha value is -0.460. The minimum atomic E-state index is -0.429. The quantitative estimate of drug-likeness (QED) is 0.556. The summed E-state index contributed by atoms with van der Waals surface area (Å²) in [5.41, 5.74) is 0. The lowest BCUT2D eigenvalue weighted by Crippen LogP contribution is -2.42. The van der Waals surface area contributed by atoms with Crippen LogP contribution in [0.1, 0.15) is 13.8 Å². The molecule has 1 heterocycles. The van der Waals surface area contributed by atoms with Crippen molar-refractivity contribution in [1.82, 2.24) is 9.62 Å². The standard InChI is InChI=1S/C8H16N2O3S/c1-6-4-10(5-7(2)12-6)14-13-8(11)9-3/h6-7H,4-5H2,1-3H3,(H,9,11). The van der Waals surface area contributed by atoms with Crippen LogP contribution in [0.3, 0.4) is 0 Å². The van der Waals surface area contributed by atoms with Crippen molar-refractivity contribution in [2.75, 3.05) is 20.1 Å². The SMILES string of the molecule is CNC(=O)OSN1CC(C)OC(C)C1. The molecule has 0 radical (unpaired) electrons. The summed E-state index contributed by atoms with van der Waals surface area (Å²) in [4.78, 5) is 10.8. The number of amides is 1. The zero-order chi connectivity index (χ0) is 10.6. The first-order chi connectivity index (χ1) is 6.61. The molecule has 1 amide bonds. The molecular weight excluding hydrogens is 204 g/mol. The van der Waals surface area contributed by atoms with E-state index in [4.69, 9.17) is 8.92 Å². The summed E-state index contributed by atoms with van der Waals surface area (Å²) in [6.07, 6.45) is -0.0686. The number of carbonyl (C=O) groups is 1. The van der Waals surface area contributed by atoms with Crippen LogP contribution in [0.4, 0.5) is 4.79 Å². The Morgan fingerprint density at radius 2 is 2.07 bits per heavy atom. The highest BCUT2D eigenvalue weighted by Crippen LogP contribution is 2.19. The van der Waals surface area contributed by atoms with Gasteiger partial charge in [-0.1, -0.05) is 0 Å². The first kappa shape index (κ1) is 11.6. The fourth-order valence-corrected chi connectivity index (χ4v) is 2.12. The zero-order valence-electron chi connectivity index (χ0n) is 8.65. The molecule has 0 spiro atoms. The van der Waals surface area contributed by atoms with Gasteiger partial charge in [-0.15, -0.1) is 0 Å². The van der Waals surface area contributed by atoms with Crippen molar-refractivity contribution in [1.29, 1.82) is 0 Å². The van der Waals surface area contributed by atoms with E-state index in [2.05, 4.69) is 5.32 Å². The molecule has 6 heteroatoms. The van der Waals surface area contributed by atoms with E-state index in [1.807, 2.05) is 18.2 Å². The normalized spacial score (nSPS) is 28.5. The predicted octanol–water partition coefficient (Wildman–Crippen LogP) is 1.01. The van der Waals surface area contributed by atoms with Gasteiger partial charge in [-0.25, -0.2) is 9.10 Å². The molecule has 82 valence electrons. The molecule has 2 unspecified atom stereocenters. The first-order valence-electron chi connectivity index (χ1n) is 4.58. The van der Waals surface area contributed by atoms with Crippen molar-refractivity contribution in [3.05, 3.63) is 0 Å². The lowest BCUT2D eigenvalue weighted by Gasteiger charge is -2.32. The van der Waals surface area contributed by atoms with Gasteiger partial charge in [-0.2, -0.15) is 0 Å². The van der Waals surface area contributed by atoms with Crippen LogP contribution < -0.4 is 5.32 Å². The second-order valence-corrected chi connectivity index (χ2v) is 4.13. The number of nitrogens with one attached hydrogen (secondary N) is 1. The Morgan fingerprint density at radius 3 is 2.57 bits per heavy atom. The van der Waals surface area contributed by atoms with Crippen molar-refractivity contribution in [3.63, 3.8) is 0 Å². The molecular formula is C8H16N2O3S. The predicted molar refractivity (Wildman–Crippen MR) is 54.7 cm³/mol. The number of morpholine rings is 1. The van der Waals surface area contributed by atoms with Crippen LogP contribution in [-0.2, 0) is 8.92 Å². The third-order valence-corrected chi connectivity index (χ3v) is 2.54. The number of carbonyl (C=O) groups excluding carboxylic acids is 1. The van der Waals surface area contributed by atoms with Crippen molar-refractivity contribution >= 4 is 18.3 Å². The maximum absolute atomic E-state index is 10.8. The van der Waals surface area contributed by atoms with Gasteiger partial charge in [0.05, 0.1) is 12.2 Å². The van der Waals surface area contributed by atoms with E-state index >= 15 is 0 Å². The molecule has 1 saturated heterocycles. The number of hydrogen-bond acceptors (Lipinski definition) is 5. The maximum Gasteiger partial charge on any atom is 0.420 e.